The summed E-state index contributed by atoms with van der Waals surface area (Å²) in [7, 11) is 0. The molecular weight excluding hydrogens is 470 g/mol. The highest BCUT2D eigenvalue weighted by molar-refractivity contribution is 6.00. The molecule has 0 aliphatic heterocycles. The Labute approximate surface area is 207 Å². The Morgan fingerprint density at radius 3 is 2.17 bits per heavy atom. The molecule has 2 aromatic carbocycles. The van der Waals surface area contributed by atoms with Crippen LogP contribution >= 0.6 is 0 Å². The number of imide groups is 1. The summed E-state index contributed by atoms with van der Waals surface area (Å²) in [5, 5.41) is 20.6. The van der Waals surface area contributed by atoms with Gasteiger partial charge in [0.15, 0.2) is 0 Å². The van der Waals surface area contributed by atoms with Gasteiger partial charge in [0.1, 0.15) is 19.2 Å². The van der Waals surface area contributed by atoms with Gasteiger partial charge in [-0.1, -0.05) is 44.2 Å². The molecule has 2 aromatic rings. The predicted octanol–water partition coefficient (Wildman–Crippen LogP) is 2.11. The molecule has 0 bridgehead atoms. The fourth-order valence-electron chi connectivity index (χ4n) is 3.02. The number of hydrogen-bond acceptors (Lipinski definition) is 8. The minimum Gasteiger partial charge on any atom is -0.445 e. The van der Waals surface area contributed by atoms with Gasteiger partial charge in [-0.2, -0.15) is 0 Å². The molecule has 0 aliphatic carbocycles. The van der Waals surface area contributed by atoms with Crippen LogP contribution in [0.2, 0.25) is 0 Å². The first-order valence-electron chi connectivity index (χ1n) is 11.2. The number of nitrogens with zero attached hydrogens (tertiary/aromatic N) is 1. The van der Waals surface area contributed by atoms with Crippen molar-refractivity contribution < 1.29 is 28.8 Å². The third-order valence-electron chi connectivity index (χ3n) is 4.76. The van der Waals surface area contributed by atoms with E-state index in [1.165, 1.54) is 24.3 Å². The summed E-state index contributed by atoms with van der Waals surface area (Å²) in [4.78, 5) is 58.7. The molecule has 12 nitrogen and oxygen atoms in total. The molecule has 192 valence electrons. The minimum absolute atomic E-state index is 0.0459. The first-order chi connectivity index (χ1) is 17.1. The molecule has 0 saturated heterocycles. The lowest BCUT2D eigenvalue weighted by Crippen LogP contribution is -2.47. The summed E-state index contributed by atoms with van der Waals surface area (Å²) in [5.74, 6) is -1.88. The average molecular weight is 500 g/mol. The maximum Gasteiger partial charge on any atom is 0.407 e. The Morgan fingerprint density at radius 1 is 0.917 bits per heavy atom. The van der Waals surface area contributed by atoms with Crippen molar-refractivity contribution in [3.63, 3.8) is 0 Å². The van der Waals surface area contributed by atoms with Crippen molar-refractivity contribution in [2.24, 2.45) is 5.92 Å². The summed E-state index contributed by atoms with van der Waals surface area (Å²) < 4.78 is 4.99. The van der Waals surface area contributed by atoms with Crippen molar-refractivity contribution in [3.8, 4) is 0 Å². The van der Waals surface area contributed by atoms with Crippen LogP contribution in [0.1, 0.15) is 25.8 Å². The molecule has 2 rings (SSSR count). The van der Waals surface area contributed by atoms with Crippen LogP contribution in [0.4, 0.5) is 16.2 Å². The highest BCUT2D eigenvalue weighted by atomic mass is 16.6. The van der Waals surface area contributed by atoms with Gasteiger partial charge in [-0.3, -0.25) is 29.8 Å². The zero-order valence-electron chi connectivity index (χ0n) is 20.0. The summed E-state index contributed by atoms with van der Waals surface area (Å²) in [5.41, 5.74) is 1.18. The standard InChI is InChI=1S/C24H29N5O7/c1-16(2)12-20(27-18-8-10-19(11-9-18)29(34)35)23(32)28-22(31)14-25-21(30)13-26-24(33)36-15-17-6-4-3-5-7-17/h3-11,16,20,27H,12-15H2,1-2H3,(H,25,30)(H,26,33)(H,28,31,32)/t20-/m0/s1. The first-order valence-corrected chi connectivity index (χ1v) is 11.2. The van der Waals surface area contributed by atoms with Crippen LogP contribution in [-0.4, -0.2) is 47.9 Å². The first kappa shape index (κ1) is 27.8. The molecule has 36 heavy (non-hydrogen) atoms. The van der Waals surface area contributed by atoms with Crippen LogP contribution in [0.15, 0.2) is 54.6 Å². The van der Waals surface area contributed by atoms with Gasteiger partial charge >= 0.3 is 6.09 Å². The molecule has 0 heterocycles. The van der Waals surface area contributed by atoms with Gasteiger partial charge in [-0.05, 0) is 30.0 Å². The van der Waals surface area contributed by atoms with Crippen molar-refractivity contribution in [1.29, 1.82) is 0 Å². The maximum atomic E-state index is 12.6. The van der Waals surface area contributed by atoms with Gasteiger partial charge in [-0.25, -0.2) is 4.79 Å². The topological polar surface area (TPSA) is 169 Å². The SMILES string of the molecule is CC(C)C[C@H](Nc1ccc([N+](=O)[O-])cc1)C(=O)NC(=O)CNC(=O)CNC(=O)OCc1ccccc1. The Hall–Kier alpha value is -4.48. The highest BCUT2D eigenvalue weighted by Crippen LogP contribution is 2.18. The molecule has 0 radical (unpaired) electrons. The number of nitro groups is 1. The summed E-state index contributed by atoms with van der Waals surface area (Å²) in [6, 6.07) is 13.8. The molecule has 0 saturated carbocycles. The van der Waals surface area contributed by atoms with E-state index >= 15 is 0 Å². The number of carbonyl (C=O) groups is 4. The summed E-state index contributed by atoms with van der Waals surface area (Å²) in [6.07, 6.45) is -0.403. The second-order valence-electron chi connectivity index (χ2n) is 8.23. The molecular formula is C24H29N5O7. The van der Waals surface area contributed by atoms with Crippen LogP contribution < -0.4 is 21.3 Å². The number of anilines is 1. The Balaban J connectivity index is 1.76. The zero-order valence-corrected chi connectivity index (χ0v) is 20.0. The second-order valence-corrected chi connectivity index (χ2v) is 8.23. The molecule has 0 aromatic heterocycles. The number of alkyl carbamates (subject to hydrolysis) is 1. The maximum absolute atomic E-state index is 12.6. The van der Waals surface area contributed by atoms with Crippen molar-refractivity contribution >= 4 is 35.2 Å². The van der Waals surface area contributed by atoms with E-state index in [0.717, 1.165) is 5.56 Å². The van der Waals surface area contributed by atoms with Gasteiger partial charge in [0, 0.05) is 17.8 Å². The number of carbonyl (C=O) groups excluding carboxylic acids is 4. The molecule has 12 heteroatoms. The van der Waals surface area contributed by atoms with Gasteiger partial charge < -0.3 is 20.7 Å². The third kappa shape index (κ3) is 10.2. The lowest BCUT2D eigenvalue weighted by Gasteiger charge is -2.21. The fourth-order valence-corrected chi connectivity index (χ4v) is 3.02. The molecule has 0 spiro atoms. The second kappa shape index (κ2) is 14.0. The minimum atomic E-state index is -0.789. The van der Waals surface area contributed by atoms with Crippen LogP contribution in [0, 0.1) is 16.0 Å². The Morgan fingerprint density at radius 2 is 1.56 bits per heavy atom. The van der Waals surface area contributed by atoms with E-state index in [-0.39, 0.29) is 18.2 Å². The Bertz CT molecular complexity index is 1060. The van der Waals surface area contributed by atoms with Crippen molar-refractivity contribution in [2.45, 2.75) is 32.9 Å². The molecule has 0 fully saturated rings. The summed E-state index contributed by atoms with van der Waals surface area (Å²) >= 11 is 0. The Kier molecular flexibility index (Phi) is 10.8. The zero-order chi connectivity index (χ0) is 26.5. The lowest BCUT2D eigenvalue weighted by molar-refractivity contribution is -0.384. The number of benzene rings is 2. The van der Waals surface area contributed by atoms with Gasteiger partial charge in [0.05, 0.1) is 11.5 Å². The van der Waals surface area contributed by atoms with Crippen molar-refractivity contribution in [1.82, 2.24) is 16.0 Å². The van der Waals surface area contributed by atoms with Crippen LogP contribution in [0.25, 0.3) is 0 Å². The van der Waals surface area contributed by atoms with Crippen molar-refractivity contribution in [2.75, 3.05) is 18.4 Å². The number of amides is 4. The molecule has 0 unspecified atom stereocenters. The van der Waals surface area contributed by atoms with Gasteiger partial charge in [-0.15, -0.1) is 0 Å². The fraction of sp³-hybridized carbons (Fsp3) is 0.333. The van der Waals surface area contributed by atoms with E-state index in [1.54, 1.807) is 24.3 Å². The highest BCUT2D eigenvalue weighted by Gasteiger charge is 2.22. The van der Waals surface area contributed by atoms with E-state index in [1.807, 2.05) is 19.9 Å². The molecule has 4 amide bonds. The molecule has 1 atom stereocenters. The van der Waals surface area contributed by atoms with Crippen LogP contribution in [-0.2, 0) is 25.7 Å². The van der Waals surface area contributed by atoms with Crippen LogP contribution in [0.5, 0.6) is 0 Å². The molecule has 0 aliphatic rings. The van der Waals surface area contributed by atoms with Gasteiger partial charge in [0.25, 0.3) is 5.69 Å². The van der Waals surface area contributed by atoms with E-state index < -0.39 is 47.9 Å². The number of non-ortho nitro benzene ring substituents is 1. The predicted molar refractivity (Wildman–Crippen MR) is 131 cm³/mol. The number of ether oxygens (including phenoxy) is 1. The van der Waals surface area contributed by atoms with Crippen LogP contribution in [0.3, 0.4) is 0 Å². The lowest BCUT2D eigenvalue weighted by atomic mass is 10.0. The normalized spacial score (nSPS) is 11.2. The third-order valence-corrected chi connectivity index (χ3v) is 4.76. The average Bonchev–Trinajstić information content (AvgIpc) is 2.85. The number of rotatable bonds is 12. The van der Waals surface area contributed by atoms with E-state index in [4.69, 9.17) is 4.74 Å². The smallest absolute Gasteiger partial charge is 0.407 e. The number of hydrogen-bond donors (Lipinski definition) is 4. The summed E-state index contributed by atoms with van der Waals surface area (Å²) in [6.45, 7) is 2.96. The quantitative estimate of drug-likeness (QED) is 0.254. The van der Waals surface area contributed by atoms with E-state index in [0.29, 0.717) is 12.1 Å². The van der Waals surface area contributed by atoms with Crippen molar-refractivity contribution in [3.05, 3.63) is 70.3 Å². The number of nitro benzene ring substituents is 1. The van der Waals surface area contributed by atoms with E-state index in [9.17, 15) is 29.3 Å². The van der Waals surface area contributed by atoms with E-state index in [2.05, 4.69) is 21.3 Å². The monoisotopic (exact) mass is 499 g/mol. The molecule has 4 N–H and O–H groups in total. The largest absolute Gasteiger partial charge is 0.445 e. The van der Waals surface area contributed by atoms with Gasteiger partial charge in [0.2, 0.25) is 17.7 Å². The number of nitrogens with one attached hydrogen (secondary N) is 4.